The topological polar surface area (TPSA) is 53.5 Å². The Balaban J connectivity index is 1.82. The summed E-state index contributed by atoms with van der Waals surface area (Å²) in [6.07, 6.45) is 1.66. The van der Waals surface area contributed by atoms with E-state index >= 15 is 0 Å². The molecule has 114 valence electrons. The lowest BCUT2D eigenvalue weighted by atomic mass is 10.1. The summed E-state index contributed by atoms with van der Waals surface area (Å²) in [6.45, 7) is 6.29. The Bertz CT molecular complexity index is 655. The molecule has 4 heteroatoms. The molecule has 0 bridgehead atoms. The summed E-state index contributed by atoms with van der Waals surface area (Å²) in [5, 5.41) is 7.04. The Morgan fingerprint density at radius 3 is 2.27 bits per heavy atom. The lowest BCUT2D eigenvalue weighted by molar-refractivity contribution is -0.119. The minimum absolute atomic E-state index is 0.179. The van der Waals surface area contributed by atoms with Crippen molar-refractivity contribution in [2.75, 3.05) is 11.9 Å². The number of carbonyl (C=O) groups excluding carboxylic acids is 1. The monoisotopic (exact) mass is 295 g/mol. The molecule has 2 aromatic rings. The van der Waals surface area contributed by atoms with Crippen LogP contribution >= 0.6 is 0 Å². The first-order chi connectivity index (χ1) is 10.5. The van der Waals surface area contributed by atoms with E-state index in [4.69, 9.17) is 0 Å². The predicted octanol–water partition coefficient (Wildman–Crippen LogP) is 3.17. The molecular formula is C18H21N3O. The summed E-state index contributed by atoms with van der Waals surface area (Å²) in [6, 6.07) is 14.0. The van der Waals surface area contributed by atoms with E-state index in [1.54, 1.807) is 6.21 Å². The molecule has 0 spiro atoms. The number of carbonyl (C=O) groups is 1. The fourth-order valence-corrected chi connectivity index (χ4v) is 2.16. The first-order valence-electron chi connectivity index (χ1n) is 7.24. The number of benzene rings is 2. The number of aryl methyl sites for hydroxylation is 3. The third-order valence-electron chi connectivity index (χ3n) is 3.15. The van der Waals surface area contributed by atoms with Crippen LogP contribution in [-0.2, 0) is 4.79 Å². The zero-order valence-electron chi connectivity index (χ0n) is 13.2. The summed E-state index contributed by atoms with van der Waals surface area (Å²) < 4.78 is 0. The fraction of sp³-hybridized carbons (Fsp3) is 0.222. The van der Waals surface area contributed by atoms with Gasteiger partial charge in [-0.1, -0.05) is 47.0 Å². The summed E-state index contributed by atoms with van der Waals surface area (Å²) in [5.41, 5.74) is 7.95. The van der Waals surface area contributed by atoms with Crippen LogP contribution < -0.4 is 10.7 Å². The maximum Gasteiger partial charge on any atom is 0.259 e. The normalized spacial score (nSPS) is 10.7. The number of amides is 1. The van der Waals surface area contributed by atoms with Crippen LogP contribution in [0.2, 0.25) is 0 Å². The summed E-state index contributed by atoms with van der Waals surface area (Å²) >= 11 is 0. The van der Waals surface area contributed by atoms with Gasteiger partial charge in [0.25, 0.3) is 5.91 Å². The summed E-state index contributed by atoms with van der Waals surface area (Å²) in [4.78, 5) is 11.7. The number of nitrogens with zero attached hydrogens (tertiary/aromatic N) is 1. The number of anilines is 1. The van der Waals surface area contributed by atoms with Crippen molar-refractivity contribution in [3.05, 3.63) is 64.7 Å². The van der Waals surface area contributed by atoms with Crippen LogP contribution in [0.5, 0.6) is 0 Å². The first-order valence-corrected chi connectivity index (χ1v) is 7.24. The van der Waals surface area contributed by atoms with Crippen LogP contribution in [0.3, 0.4) is 0 Å². The molecule has 0 heterocycles. The molecule has 0 atom stereocenters. The van der Waals surface area contributed by atoms with Crippen molar-refractivity contribution < 1.29 is 4.79 Å². The second-order valence-corrected chi connectivity index (χ2v) is 5.43. The summed E-state index contributed by atoms with van der Waals surface area (Å²) in [7, 11) is 0. The standard InChI is InChI=1S/C18H21N3O/c1-13-4-6-17(7-5-13)19-12-18(22)21-20-11-16-9-14(2)8-15(3)10-16/h4-11,19H,12H2,1-3H3,(H,21,22)/b20-11+. The maximum absolute atomic E-state index is 11.7. The van der Waals surface area contributed by atoms with Crippen LogP contribution in [0.15, 0.2) is 47.6 Å². The van der Waals surface area contributed by atoms with E-state index < -0.39 is 0 Å². The van der Waals surface area contributed by atoms with Crippen LogP contribution in [-0.4, -0.2) is 18.7 Å². The van der Waals surface area contributed by atoms with E-state index in [1.165, 1.54) is 16.7 Å². The van der Waals surface area contributed by atoms with E-state index in [1.807, 2.05) is 57.2 Å². The van der Waals surface area contributed by atoms with Crippen molar-refractivity contribution in [1.29, 1.82) is 0 Å². The highest BCUT2D eigenvalue weighted by Crippen LogP contribution is 2.08. The minimum atomic E-state index is -0.179. The van der Waals surface area contributed by atoms with Gasteiger partial charge >= 0.3 is 0 Å². The van der Waals surface area contributed by atoms with Crippen molar-refractivity contribution in [3.63, 3.8) is 0 Å². The van der Waals surface area contributed by atoms with Gasteiger partial charge in [0, 0.05) is 5.69 Å². The zero-order valence-corrected chi connectivity index (χ0v) is 13.2. The third kappa shape index (κ3) is 5.05. The Hall–Kier alpha value is -2.62. The van der Waals surface area contributed by atoms with E-state index in [9.17, 15) is 4.79 Å². The van der Waals surface area contributed by atoms with Gasteiger partial charge in [0.05, 0.1) is 12.8 Å². The Kier molecular flexibility index (Phi) is 5.31. The van der Waals surface area contributed by atoms with Gasteiger partial charge in [0.15, 0.2) is 0 Å². The van der Waals surface area contributed by atoms with Gasteiger partial charge in [-0.25, -0.2) is 5.43 Å². The molecule has 0 aliphatic heterocycles. The molecule has 0 radical (unpaired) electrons. The molecule has 0 aliphatic rings. The zero-order chi connectivity index (χ0) is 15.9. The molecule has 1 amide bonds. The smallest absolute Gasteiger partial charge is 0.259 e. The van der Waals surface area contributed by atoms with Crippen molar-refractivity contribution in [3.8, 4) is 0 Å². The molecule has 0 aliphatic carbocycles. The lowest BCUT2D eigenvalue weighted by Gasteiger charge is -2.05. The second-order valence-electron chi connectivity index (χ2n) is 5.43. The van der Waals surface area contributed by atoms with Gasteiger partial charge in [0.2, 0.25) is 0 Å². The Labute approximate surface area is 131 Å². The van der Waals surface area contributed by atoms with E-state index in [0.29, 0.717) is 0 Å². The van der Waals surface area contributed by atoms with Crippen LogP contribution in [0.1, 0.15) is 22.3 Å². The lowest BCUT2D eigenvalue weighted by Crippen LogP contribution is -2.25. The third-order valence-corrected chi connectivity index (χ3v) is 3.15. The average molecular weight is 295 g/mol. The number of rotatable bonds is 5. The van der Waals surface area contributed by atoms with E-state index in [-0.39, 0.29) is 12.5 Å². The van der Waals surface area contributed by atoms with Crippen molar-refractivity contribution in [1.82, 2.24) is 5.43 Å². The molecular weight excluding hydrogens is 274 g/mol. The number of hydrazone groups is 1. The minimum Gasteiger partial charge on any atom is -0.376 e. The van der Waals surface area contributed by atoms with E-state index in [0.717, 1.165) is 11.3 Å². The van der Waals surface area contributed by atoms with Gasteiger partial charge in [-0.2, -0.15) is 5.10 Å². The average Bonchev–Trinajstić information content (AvgIpc) is 2.46. The summed E-state index contributed by atoms with van der Waals surface area (Å²) in [5.74, 6) is -0.179. The fourth-order valence-electron chi connectivity index (χ4n) is 2.16. The molecule has 0 fully saturated rings. The quantitative estimate of drug-likeness (QED) is 0.657. The van der Waals surface area contributed by atoms with Crippen LogP contribution in [0.25, 0.3) is 0 Å². The van der Waals surface area contributed by atoms with Crippen LogP contribution in [0, 0.1) is 20.8 Å². The number of hydrogen-bond acceptors (Lipinski definition) is 3. The molecule has 2 rings (SSSR count). The SMILES string of the molecule is Cc1ccc(NCC(=O)N/N=C/c2cc(C)cc(C)c2)cc1. The first kappa shape index (κ1) is 15.8. The molecule has 0 saturated carbocycles. The van der Waals surface area contributed by atoms with E-state index in [2.05, 4.69) is 21.9 Å². The molecule has 22 heavy (non-hydrogen) atoms. The van der Waals surface area contributed by atoms with Crippen molar-refractivity contribution in [2.45, 2.75) is 20.8 Å². The highest BCUT2D eigenvalue weighted by molar-refractivity contribution is 5.84. The van der Waals surface area contributed by atoms with Gasteiger partial charge in [0.1, 0.15) is 0 Å². The molecule has 0 aromatic heterocycles. The molecule has 2 N–H and O–H groups in total. The van der Waals surface area contributed by atoms with Crippen molar-refractivity contribution >= 4 is 17.8 Å². The highest BCUT2D eigenvalue weighted by atomic mass is 16.2. The van der Waals surface area contributed by atoms with Crippen molar-refractivity contribution in [2.24, 2.45) is 5.10 Å². The molecule has 4 nitrogen and oxygen atoms in total. The maximum atomic E-state index is 11.7. The second kappa shape index (κ2) is 7.41. The van der Waals surface area contributed by atoms with Gasteiger partial charge in [-0.15, -0.1) is 0 Å². The predicted molar refractivity (Wildman–Crippen MR) is 91.3 cm³/mol. The molecule has 0 saturated heterocycles. The molecule has 2 aromatic carbocycles. The van der Waals surface area contributed by atoms with Gasteiger partial charge in [-0.05, 0) is 38.5 Å². The largest absolute Gasteiger partial charge is 0.376 e. The Morgan fingerprint density at radius 1 is 1.00 bits per heavy atom. The molecule has 0 unspecified atom stereocenters. The van der Waals surface area contributed by atoms with Gasteiger partial charge in [-0.3, -0.25) is 4.79 Å². The van der Waals surface area contributed by atoms with Crippen LogP contribution in [0.4, 0.5) is 5.69 Å². The van der Waals surface area contributed by atoms with Gasteiger partial charge < -0.3 is 5.32 Å². The highest BCUT2D eigenvalue weighted by Gasteiger charge is 1.99. The Morgan fingerprint density at radius 2 is 1.64 bits per heavy atom. The number of nitrogens with one attached hydrogen (secondary N) is 2. The number of hydrogen-bond donors (Lipinski definition) is 2.